The Morgan fingerprint density at radius 3 is 2.53 bits per heavy atom. The van der Waals surface area contributed by atoms with Crippen LogP contribution in [0.1, 0.15) is 38.8 Å². The molecule has 2 nitrogen and oxygen atoms in total. The first-order valence-corrected chi connectivity index (χ1v) is 8.37. The van der Waals surface area contributed by atoms with Crippen molar-refractivity contribution < 1.29 is 0 Å². The predicted molar refractivity (Wildman–Crippen MR) is 90.4 cm³/mol. The summed E-state index contributed by atoms with van der Waals surface area (Å²) in [5.41, 5.74) is 1.39. The zero-order chi connectivity index (χ0) is 13.8. The van der Waals surface area contributed by atoms with E-state index in [4.69, 9.17) is 0 Å². The van der Waals surface area contributed by atoms with E-state index in [9.17, 15) is 0 Å². The van der Waals surface area contributed by atoms with Crippen LogP contribution in [0.15, 0.2) is 24.3 Å². The fourth-order valence-electron chi connectivity index (χ4n) is 2.71. The Bertz CT molecular complexity index is 388. The first-order valence-electron chi connectivity index (χ1n) is 7.29. The largest absolute Gasteiger partial charge is 0.310 e. The fourth-order valence-corrected chi connectivity index (χ4v) is 3.07. The Hall–Kier alpha value is -0.130. The molecule has 0 radical (unpaired) electrons. The molecule has 0 aliphatic carbocycles. The van der Waals surface area contributed by atoms with Crippen LogP contribution in [0.25, 0.3) is 0 Å². The summed E-state index contributed by atoms with van der Waals surface area (Å²) in [6, 6.07) is 9.97. The average Bonchev–Trinajstić information content (AvgIpc) is 2.86. The average molecular weight is 372 g/mol. The maximum Gasteiger partial charge on any atom is 0.0291 e. The maximum absolute atomic E-state index is 3.69. The Balaban J connectivity index is 1.78. The topological polar surface area (TPSA) is 15.3 Å². The van der Waals surface area contributed by atoms with E-state index in [-0.39, 0.29) is 0 Å². The van der Waals surface area contributed by atoms with Crippen LogP contribution in [-0.4, -0.2) is 30.6 Å². The van der Waals surface area contributed by atoms with Gasteiger partial charge in [-0.3, -0.25) is 0 Å². The molecule has 2 atom stereocenters. The molecule has 0 spiro atoms. The molecule has 2 unspecified atom stereocenters. The van der Waals surface area contributed by atoms with Gasteiger partial charge < -0.3 is 10.2 Å². The molecule has 1 N–H and O–H groups in total. The van der Waals surface area contributed by atoms with Crippen LogP contribution in [0.4, 0.5) is 0 Å². The Kier molecular flexibility index (Phi) is 5.66. The minimum atomic E-state index is 0.449. The van der Waals surface area contributed by atoms with Gasteiger partial charge in [-0.25, -0.2) is 0 Å². The third-order valence-corrected chi connectivity index (χ3v) is 4.85. The number of hydrogen-bond acceptors (Lipinski definition) is 2. The van der Waals surface area contributed by atoms with Crippen molar-refractivity contribution in [3.63, 3.8) is 0 Å². The highest BCUT2D eigenvalue weighted by molar-refractivity contribution is 14.1. The molecule has 0 amide bonds. The predicted octanol–water partition coefficient (Wildman–Crippen LogP) is 3.67. The van der Waals surface area contributed by atoms with Gasteiger partial charge in [0.1, 0.15) is 0 Å². The third kappa shape index (κ3) is 4.43. The van der Waals surface area contributed by atoms with Gasteiger partial charge in [0.05, 0.1) is 0 Å². The SMILES string of the molecule is CC(NCC1CCN(C(C)C)C1)c1ccc(I)cc1. The molecule has 1 aromatic rings. The zero-order valence-electron chi connectivity index (χ0n) is 12.2. The summed E-state index contributed by atoms with van der Waals surface area (Å²) in [5.74, 6) is 0.814. The van der Waals surface area contributed by atoms with E-state index in [0.717, 1.165) is 12.5 Å². The van der Waals surface area contributed by atoms with E-state index < -0.39 is 0 Å². The van der Waals surface area contributed by atoms with Crippen molar-refractivity contribution in [1.29, 1.82) is 0 Å². The number of rotatable bonds is 5. The van der Waals surface area contributed by atoms with E-state index in [2.05, 4.69) is 77.8 Å². The molecule has 1 heterocycles. The van der Waals surface area contributed by atoms with Crippen LogP contribution >= 0.6 is 22.6 Å². The summed E-state index contributed by atoms with van der Waals surface area (Å²) in [7, 11) is 0. The Labute approximate surface area is 131 Å². The third-order valence-electron chi connectivity index (χ3n) is 4.13. The van der Waals surface area contributed by atoms with Crippen LogP contribution in [0, 0.1) is 9.49 Å². The minimum Gasteiger partial charge on any atom is -0.310 e. The van der Waals surface area contributed by atoms with Gasteiger partial charge in [-0.15, -0.1) is 0 Å². The fraction of sp³-hybridized carbons (Fsp3) is 0.625. The first-order chi connectivity index (χ1) is 9.06. The lowest BCUT2D eigenvalue weighted by atomic mass is 10.1. The molecule has 1 aromatic carbocycles. The van der Waals surface area contributed by atoms with Crippen LogP contribution in [-0.2, 0) is 0 Å². The molecule has 0 aromatic heterocycles. The van der Waals surface area contributed by atoms with Gasteiger partial charge in [-0.1, -0.05) is 12.1 Å². The summed E-state index contributed by atoms with van der Waals surface area (Å²) in [6.45, 7) is 10.5. The highest BCUT2D eigenvalue weighted by Crippen LogP contribution is 2.20. The smallest absolute Gasteiger partial charge is 0.0291 e. The molecule has 0 bridgehead atoms. The van der Waals surface area contributed by atoms with Gasteiger partial charge >= 0.3 is 0 Å². The van der Waals surface area contributed by atoms with Gasteiger partial charge in [0.25, 0.3) is 0 Å². The summed E-state index contributed by atoms with van der Waals surface area (Å²) in [5, 5.41) is 3.69. The normalized spacial score (nSPS) is 22.1. The van der Waals surface area contributed by atoms with Gasteiger partial charge in [0.15, 0.2) is 0 Å². The van der Waals surface area contributed by atoms with E-state index >= 15 is 0 Å². The van der Waals surface area contributed by atoms with Crippen LogP contribution in [0.2, 0.25) is 0 Å². The van der Waals surface area contributed by atoms with E-state index in [1.165, 1.54) is 28.6 Å². The molecule has 0 saturated carbocycles. The molecule has 2 rings (SSSR count). The number of halogens is 1. The van der Waals surface area contributed by atoms with Crippen molar-refractivity contribution in [2.75, 3.05) is 19.6 Å². The molecule has 1 fully saturated rings. The van der Waals surface area contributed by atoms with E-state index in [1.807, 2.05) is 0 Å². The Morgan fingerprint density at radius 2 is 1.95 bits per heavy atom. The second-order valence-electron chi connectivity index (χ2n) is 5.92. The zero-order valence-corrected chi connectivity index (χ0v) is 14.4. The molecule has 3 heteroatoms. The maximum atomic E-state index is 3.69. The van der Waals surface area contributed by atoms with Gasteiger partial charge in [0.2, 0.25) is 0 Å². The van der Waals surface area contributed by atoms with E-state index in [0.29, 0.717) is 12.1 Å². The van der Waals surface area contributed by atoms with Crippen molar-refractivity contribution in [1.82, 2.24) is 10.2 Å². The summed E-state index contributed by atoms with van der Waals surface area (Å²) in [4.78, 5) is 2.59. The molecular weight excluding hydrogens is 347 g/mol. The molecule has 1 saturated heterocycles. The van der Waals surface area contributed by atoms with Gasteiger partial charge in [-0.2, -0.15) is 0 Å². The molecule has 1 aliphatic rings. The number of nitrogens with one attached hydrogen (secondary N) is 1. The molecule has 106 valence electrons. The van der Waals surface area contributed by atoms with E-state index in [1.54, 1.807) is 0 Å². The molecule has 19 heavy (non-hydrogen) atoms. The number of nitrogens with zero attached hydrogens (tertiary/aromatic N) is 1. The monoisotopic (exact) mass is 372 g/mol. The van der Waals surface area contributed by atoms with Crippen molar-refractivity contribution in [2.45, 2.75) is 39.3 Å². The number of likely N-dealkylation sites (tertiary alicyclic amines) is 1. The first kappa shape index (κ1) is 15.3. The number of benzene rings is 1. The molecule has 1 aliphatic heterocycles. The summed E-state index contributed by atoms with van der Waals surface area (Å²) >= 11 is 2.35. The second kappa shape index (κ2) is 7.04. The minimum absolute atomic E-state index is 0.449. The lowest BCUT2D eigenvalue weighted by Gasteiger charge is -2.21. The van der Waals surface area contributed by atoms with Gasteiger partial charge in [0, 0.05) is 22.2 Å². The van der Waals surface area contributed by atoms with Crippen LogP contribution < -0.4 is 5.32 Å². The lowest BCUT2D eigenvalue weighted by Crippen LogP contribution is -2.31. The van der Waals surface area contributed by atoms with Crippen LogP contribution in [0.5, 0.6) is 0 Å². The van der Waals surface area contributed by atoms with Crippen molar-refractivity contribution >= 4 is 22.6 Å². The van der Waals surface area contributed by atoms with Crippen molar-refractivity contribution in [3.05, 3.63) is 33.4 Å². The molecular formula is C16H25IN2. The number of hydrogen-bond donors (Lipinski definition) is 1. The van der Waals surface area contributed by atoms with Crippen molar-refractivity contribution in [2.24, 2.45) is 5.92 Å². The summed E-state index contributed by atoms with van der Waals surface area (Å²) < 4.78 is 1.30. The standard InChI is InChI=1S/C16H25IN2/c1-12(2)19-9-8-14(11-19)10-18-13(3)15-4-6-16(17)7-5-15/h4-7,12-14,18H,8-11H2,1-3H3. The second-order valence-corrected chi connectivity index (χ2v) is 7.17. The highest BCUT2D eigenvalue weighted by atomic mass is 127. The Morgan fingerprint density at radius 1 is 1.26 bits per heavy atom. The highest BCUT2D eigenvalue weighted by Gasteiger charge is 2.24. The summed E-state index contributed by atoms with van der Waals surface area (Å²) in [6.07, 6.45) is 1.34. The van der Waals surface area contributed by atoms with Gasteiger partial charge in [-0.05, 0) is 86.5 Å². The quantitative estimate of drug-likeness (QED) is 0.794. The lowest BCUT2D eigenvalue weighted by molar-refractivity contribution is 0.263. The van der Waals surface area contributed by atoms with Crippen molar-refractivity contribution in [3.8, 4) is 0 Å². The van der Waals surface area contributed by atoms with Crippen LogP contribution in [0.3, 0.4) is 0 Å².